The number of allylic oxidation sites excluding steroid dienone is 2. The highest BCUT2D eigenvalue weighted by atomic mass is 32.1. The molecule has 0 spiro atoms. The number of carbonyl (C=O) groups excluding carboxylic acids is 4. The normalized spacial score (nSPS) is 10.9. The third-order valence-electron chi connectivity index (χ3n) is 19.0. The van der Waals surface area contributed by atoms with E-state index in [0.717, 1.165) is 179 Å². The van der Waals surface area contributed by atoms with E-state index in [-0.39, 0.29) is 23.6 Å². The molecule has 0 bridgehead atoms. The van der Waals surface area contributed by atoms with E-state index in [1.165, 1.54) is 0 Å². The quantitative estimate of drug-likeness (QED) is 0.0170. The highest BCUT2D eigenvalue weighted by Crippen LogP contribution is 2.33. The Morgan fingerprint density at radius 3 is 0.833 bits per heavy atom. The van der Waals surface area contributed by atoms with E-state index >= 15 is 0 Å². The Morgan fingerprint density at radius 1 is 0.325 bits per heavy atom. The van der Waals surface area contributed by atoms with Crippen LogP contribution < -0.4 is 42.5 Å². The predicted octanol–water partition coefficient (Wildman–Crippen LogP) is 21.4. The Morgan fingerprint density at radius 2 is 0.575 bits per heavy atom. The first-order chi connectivity index (χ1) is 57.9. The molecule has 0 radical (unpaired) electrons. The van der Waals surface area contributed by atoms with Gasteiger partial charge in [0, 0.05) is 138 Å². The van der Waals surface area contributed by atoms with Gasteiger partial charge in [0.05, 0.1) is 25.7 Å². The maximum Gasteiger partial charge on any atom is 0.224 e. The molecule has 8 aromatic heterocycles. The number of rotatable bonds is 36. The third kappa shape index (κ3) is 28.9. The molecular formula is C96H116N16O4S4. The number of hydrogen-bond donors (Lipinski definition) is 8. The fourth-order valence-corrected chi connectivity index (χ4v) is 15.0. The molecule has 628 valence electrons. The lowest BCUT2D eigenvalue weighted by Crippen LogP contribution is -2.28. The summed E-state index contributed by atoms with van der Waals surface area (Å²) in [5.74, 6) is 8.21. The van der Waals surface area contributed by atoms with Crippen LogP contribution in [-0.2, 0) is 83.4 Å². The summed E-state index contributed by atoms with van der Waals surface area (Å²) in [6.07, 6.45) is 10.1. The van der Waals surface area contributed by atoms with E-state index in [2.05, 4.69) is 165 Å². The second-order valence-electron chi connectivity index (χ2n) is 30.8. The van der Waals surface area contributed by atoms with Gasteiger partial charge >= 0.3 is 0 Å². The maximum atomic E-state index is 12.1. The van der Waals surface area contributed by atoms with Gasteiger partial charge in [-0.2, -0.15) is 45.3 Å². The molecule has 0 fully saturated rings. The van der Waals surface area contributed by atoms with Gasteiger partial charge in [-0.05, 0) is 193 Å². The van der Waals surface area contributed by atoms with Crippen molar-refractivity contribution in [1.29, 1.82) is 0 Å². The van der Waals surface area contributed by atoms with Crippen molar-refractivity contribution in [3.63, 3.8) is 0 Å². The molecule has 0 aliphatic carbocycles. The fourth-order valence-electron chi connectivity index (χ4n) is 12.5. The SMILES string of the molecule is C=CCc1c(C)nc(-c2ccsc2)nc1Nc1ccc(CC(=O)NCC(C)C)cc1.C=CCc1c(CC)nc(-c2ccsc2)nc1Nc1ccc(CC(=O)NCC(C)C)cc1.CCc1c(C)nc(-c2ccsc2)nc1Nc1ccc(CC(=O)NCC(C)C)cc1.CCc1nc(-c2ccsc2)nc(Nc2ccc(CC(=O)NCC(C)C)cc2)c1CC. The van der Waals surface area contributed by atoms with Gasteiger partial charge in [0.1, 0.15) is 23.3 Å². The number of aromatic nitrogens is 8. The second-order valence-corrected chi connectivity index (χ2v) is 33.9. The van der Waals surface area contributed by atoms with Gasteiger partial charge in [-0.15, -0.1) is 13.2 Å². The fraction of sp³-hybridized carbons (Fsp3) is 0.333. The molecule has 8 heterocycles. The number of hydrogen-bond acceptors (Lipinski definition) is 20. The minimum Gasteiger partial charge on any atom is -0.356 e. The van der Waals surface area contributed by atoms with Gasteiger partial charge in [0.25, 0.3) is 0 Å². The van der Waals surface area contributed by atoms with E-state index in [4.69, 9.17) is 29.9 Å². The number of benzene rings is 4. The molecule has 0 saturated carbocycles. The highest BCUT2D eigenvalue weighted by Gasteiger charge is 2.20. The Bertz CT molecular complexity index is 5230. The number of thiophene rings is 4. The Kier molecular flexibility index (Phi) is 36.5. The van der Waals surface area contributed by atoms with E-state index < -0.39 is 0 Å². The number of nitrogens with one attached hydrogen (secondary N) is 8. The van der Waals surface area contributed by atoms with E-state index in [1.807, 2.05) is 174 Å². The monoisotopic (exact) mass is 1680 g/mol. The van der Waals surface area contributed by atoms with Crippen molar-refractivity contribution in [1.82, 2.24) is 61.1 Å². The lowest BCUT2D eigenvalue weighted by atomic mass is 10.1. The molecule has 4 aromatic carbocycles. The second kappa shape index (κ2) is 47.4. The minimum atomic E-state index is 0.0458. The molecule has 0 aliphatic heterocycles. The maximum absolute atomic E-state index is 12.1. The van der Waals surface area contributed by atoms with Crippen molar-refractivity contribution in [2.45, 2.75) is 161 Å². The summed E-state index contributed by atoms with van der Waals surface area (Å²) >= 11 is 6.54. The first kappa shape index (κ1) is 92.4. The summed E-state index contributed by atoms with van der Waals surface area (Å²) in [5.41, 5.74) is 20.2. The Labute approximate surface area is 725 Å². The standard InChI is InChI=1S/C25H30N4OS.C24H28N4OS.C24H30N4OS.C23H28N4OS/c1-5-7-21-22(6-2)28-24(19-12-13-31-16-19)29-25(21)27-20-10-8-18(9-11-20)14-23(30)26-15-17(3)4;1-5-6-21-17(4)26-23(19-11-12-30-15-19)28-24(21)27-20-9-7-18(8-10-20)13-22(29)25-14-16(2)3;1-5-20-21(6-2)27-23(18-11-12-30-15-18)28-24(20)26-19-9-7-17(8-10-19)13-22(29)25-14-16(3)4;1-5-20-16(4)25-22(18-10-11-29-14-18)27-23(20)26-19-8-6-17(7-9-19)12-21(28)24-13-15(2)3/h5,8-13,16-17H,1,6-7,14-15H2,2-4H3,(H,26,30)(H,27,28,29);5,7-12,15-16H,1,6,13-14H2,2-4H3,(H,25,29)(H,26,27,28);7-12,15-16H,5-6,13-14H2,1-4H3,(H,25,29)(H,26,27,28);6-11,14-15H,5,12-13H2,1-4H3,(H,24,28)(H,25,26,27). The van der Waals surface area contributed by atoms with Gasteiger partial charge in [0.2, 0.25) is 23.6 Å². The van der Waals surface area contributed by atoms with E-state index in [0.29, 0.717) is 94.2 Å². The number of amides is 4. The van der Waals surface area contributed by atoms with Crippen molar-refractivity contribution in [3.8, 4) is 45.6 Å². The van der Waals surface area contributed by atoms with Gasteiger partial charge in [-0.1, -0.05) is 144 Å². The lowest BCUT2D eigenvalue weighted by molar-refractivity contribution is -0.121. The van der Waals surface area contributed by atoms with Crippen LogP contribution in [0.5, 0.6) is 0 Å². The third-order valence-corrected chi connectivity index (χ3v) is 21.7. The largest absolute Gasteiger partial charge is 0.356 e. The van der Waals surface area contributed by atoms with Crippen LogP contribution in [0.4, 0.5) is 46.0 Å². The smallest absolute Gasteiger partial charge is 0.224 e. The molecule has 12 rings (SSSR count). The molecule has 24 heteroatoms. The molecule has 120 heavy (non-hydrogen) atoms. The summed E-state index contributed by atoms with van der Waals surface area (Å²) in [7, 11) is 0. The molecule has 12 aromatic rings. The molecule has 0 saturated heterocycles. The molecule has 0 atom stereocenters. The topological polar surface area (TPSA) is 268 Å². The average Bonchev–Trinajstić information content (AvgIpc) is 1.35. The van der Waals surface area contributed by atoms with Gasteiger partial charge in [-0.3, -0.25) is 19.2 Å². The Hall–Kier alpha value is -11.4. The number of nitrogens with zero attached hydrogens (tertiary/aromatic N) is 8. The lowest BCUT2D eigenvalue weighted by Gasteiger charge is -2.15. The van der Waals surface area contributed by atoms with Gasteiger partial charge in [0.15, 0.2) is 23.3 Å². The zero-order valence-electron chi connectivity index (χ0n) is 71.8. The highest BCUT2D eigenvalue weighted by molar-refractivity contribution is 7.09. The van der Waals surface area contributed by atoms with Crippen LogP contribution in [0.25, 0.3) is 45.6 Å². The van der Waals surface area contributed by atoms with Crippen molar-refractivity contribution >= 4 is 115 Å². The van der Waals surface area contributed by atoms with E-state index in [1.54, 1.807) is 45.3 Å². The summed E-state index contributed by atoms with van der Waals surface area (Å²) in [5, 5.41) is 42.0. The van der Waals surface area contributed by atoms with Crippen LogP contribution >= 0.6 is 45.3 Å². The number of anilines is 8. The van der Waals surface area contributed by atoms with Crippen LogP contribution in [0.1, 0.15) is 150 Å². The minimum absolute atomic E-state index is 0.0458. The Balaban J connectivity index is 0.000000182. The van der Waals surface area contributed by atoms with Crippen molar-refractivity contribution < 1.29 is 19.2 Å². The molecule has 20 nitrogen and oxygen atoms in total. The number of aryl methyl sites for hydroxylation is 4. The van der Waals surface area contributed by atoms with Gasteiger partial charge in [-0.25, -0.2) is 39.9 Å². The molecule has 8 N–H and O–H groups in total. The first-order valence-corrected chi connectivity index (χ1v) is 45.1. The summed E-state index contributed by atoms with van der Waals surface area (Å²) in [6.45, 7) is 39.8. The van der Waals surface area contributed by atoms with Crippen LogP contribution in [0.2, 0.25) is 0 Å². The van der Waals surface area contributed by atoms with Crippen molar-refractivity contribution in [2.75, 3.05) is 47.4 Å². The van der Waals surface area contributed by atoms with Crippen LogP contribution in [-0.4, -0.2) is 89.7 Å². The zero-order chi connectivity index (χ0) is 86.0. The molecule has 0 unspecified atom stereocenters. The van der Waals surface area contributed by atoms with Crippen molar-refractivity contribution in [3.05, 3.63) is 257 Å². The summed E-state index contributed by atoms with van der Waals surface area (Å²) in [6, 6.07) is 39.9. The van der Waals surface area contributed by atoms with Crippen LogP contribution in [0.3, 0.4) is 0 Å². The average molecular weight is 1690 g/mol. The summed E-state index contributed by atoms with van der Waals surface area (Å²) < 4.78 is 0. The summed E-state index contributed by atoms with van der Waals surface area (Å²) in [4.78, 5) is 86.3. The van der Waals surface area contributed by atoms with Crippen LogP contribution in [0, 0.1) is 37.5 Å². The number of carbonyl (C=O) groups is 4. The first-order valence-electron chi connectivity index (χ1n) is 41.3. The van der Waals surface area contributed by atoms with Crippen LogP contribution in [0.15, 0.2) is 190 Å². The molecular weight excluding hydrogens is 1570 g/mol. The molecule has 0 aliphatic rings. The van der Waals surface area contributed by atoms with Crippen molar-refractivity contribution in [2.24, 2.45) is 23.7 Å². The van der Waals surface area contributed by atoms with E-state index in [9.17, 15) is 19.2 Å². The predicted molar refractivity (Wildman–Crippen MR) is 501 cm³/mol. The zero-order valence-corrected chi connectivity index (χ0v) is 75.1. The molecule has 4 amide bonds. The van der Waals surface area contributed by atoms with Gasteiger partial charge < -0.3 is 42.5 Å².